The van der Waals surface area contributed by atoms with Crippen molar-refractivity contribution in [1.29, 1.82) is 0 Å². The summed E-state index contributed by atoms with van der Waals surface area (Å²) in [6, 6.07) is 5.45. The van der Waals surface area contributed by atoms with Crippen molar-refractivity contribution in [2.75, 3.05) is 23.7 Å². The van der Waals surface area contributed by atoms with Crippen molar-refractivity contribution < 1.29 is 9.59 Å². The highest BCUT2D eigenvalue weighted by atomic mass is 16.2. The Morgan fingerprint density at radius 2 is 2.05 bits per heavy atom. The van der Waals surface area contributed by atoms with Crippen LogP contribution >= 0.6 is 0 Å². The van der Waals surface area contributed by atoms with Gasteiger partial charge < -0.3 is 15.5 Å². The number of likely N-dealkylation sites (tertiary alicyclic amines) is 1. The summed E-state index contributed by atoms with van der Waals surface area (Å²) in [4.78, 5) is 25.3. The van der Waals surface area contributed by atoms with Crippen LogP contribution in [-0.2, 0) is 4.79 Å². The number of nitrogens with one attached hydrogen (secondary N) is 2. The number of amides is 3. The van der Waals surface area contributed by atoms with Crippen LogP contribution in [0.15, 0.2) is 18.2 Å². The predicted octanol–water partition coefficient (Wildman–Crippen LogP) is 3.22. The van der Waals surface area contributed by atoms with E-state index in [9.17, 15) is 9.59 Å². The highest BCUT2D eigenvalue weighted by Gasteiger charge is 2.21. The third-order valence-corrected chi connectivity index (χ3v) is 3.74. The first-order valence-corrected chi connectivity index (χ1v) is 7.40. The van der Waals surface area contributed by atoms with Gasteiger partial charge in [-0.3, -0.25) is 4.79 Å². The summed E-state index contributed by atoms with van der Waals surface area (Å²) in [6.07, 6.45) is 2.24. The van der Waals surface area contributed by atoms with Crippen LogP contribution in [0.4, 0.5) is 16.2 Å². The lowest BCUT2D eigenvalue weighted by Gasteiger charge is -2.31. The van der Waals surface area contributed by atoms with E-state index < -0.39 is 0 Å². The lowest BCUT2D eigenvalue weighted by molar-refractivity contribution is -0.114. The molecular weight excluding hydrogens is 266 g/mol. The van der Waals surface area contributed by atoms with Gasteiger partial charge in [0.1, 0.15) is 0 Å². The van der Waals surface area contributed by atoms with Crippen molar-refractivity contribution in [2.24, 2.45) is 5.92 Å². The summed E-state index contributed by atoms with van der Waals surface area (Å²) in [5.74, 6) is 0.428. The number of nitrogens with zero attached hydrogens (tertiary/aromatic N) is 1. The fourth-order valence-electron chi connectivity index (χ4n) is 2.61. The smallest absolute Gasteiger partial charge is 0.321 e. The number of aryl methyl sites for hydroxylation is 1. The summed E-state index contributed by atoms with van der Waals surface area (Å²) < 4.78 is 0. The molecule has 3 amide bonds. The number of hydrogen-bond acceptors (Lipinski definition) is 2. The van der Waals surface area contributed by atoms with E-state index in [0.717, 1.165) is 30.8 Å². The third kappa shape index (κ3) is 4.21. The van der Waals surface area contributed by atoms with E-state index in [1.165, 1.54) is 13.3 Å². The summed E-state index contributed by atoms with van der Waals surface area (Å²) in [7, 11) is 0. The van der Waals surface area contributed by atoms with Crippen LogP contribution in [0.25, 0.3) is 0 Å². The number of rotatable bonds is 2. The Labute approximate surface area is 125 Å². The fraction of sp³-hybridized carbons (Fsp3) is 0.500. The second-order valence-electron chi connectivity index (χ2n) is 5.83. The number of urea groups is 1. The number of piperidine rings is 1. The molecule has 1 aliphatic rings. The molecule has 2 N–H and O–H groups in total. The third-order valence-electron chi connectivity index (χ3n) is 3.74. The van der Waals surface area contributed by atoms with E-state index in [-0.39, 0.29) is 11.9 Å². The topological polar surface area (TPSA) is 61.4 Å². The molecule has 21 heavy (non-hydrogen) atoms. The van der Waals surface area contributed by atoms with Gasteiger partial charge in [-0.25, -0.2) is 4.79 Å². The van der Waals surface area contributed by atoms with Gasteiger partial charge in [-0.05, 0) is 43.4 Å². The number of hydrogen-bond donors (Lipinski definition) is 2. The molecule has 5 nitrogen and oxygen atoms in total. The van der Waals surface area contributed by atoms with Crippen LogP contribution in [0.2, 0.25) is 0 Å². The van der Waals surface area contributed by atoms with Gasteiger partial charge in [0.2, 0.25) is 5.91 Å². The Hall–Kier alpha value is -2.04. The SMILES string of the molecule is CC(=O)Nc1ccc(C)c(NC(=O)N2CCC[C@H](C)C2)c1. The van der Waals surface area contributed by atoms with E-state index in [1.807, 2.05) is 24.0 Å². The molecule has 114 valence electrons. The Bertz CT molecular complexity index is 542. The first-order chi connectivity index (χ1) is 9.95. The molecule has 0 unspecified atom stereocenters. The summed E-state index contributed by atoms with van der Waals surface area (Å²) >= 11 is 0. The molecule has 0 aromatic heterocycles. The van der Waals surface area contributed by atoms with Gasteiger partial charge in [-0.15, -0.1) is 0 Å². The Morgan fingerprint density at radius 3 is 2.71 bits per heavy atom. The Kier molecular flexibility index (Phi) is 4.83. The van der Waals surface area contributed by atoms with Gasteiger partial charge >= 0.3 is 6.03 Å². The van der Waals surface area contributed by atoms with Crippen molar-refractivity contribution in [2.45, 2.75) is 33.6 Å². The van der Waals surface area contributed by atoms with Crippen LogP contribution in [0.3, 0.4) is 0 Å². The van der Waals surface area contributed by atoms with E-state index in [0.29, 0.717) is 11.6 Å². The van der Waals surface area contributed by atoms with E-state index in [4.69, 9.17) is 0 Å². The summed E-state index contributed by atoms with van der Waals surface area (Å²) in [5, 5.41) is 5.68. The monoisotopic (exact) mass is 289 g/mol. The average molecular weight is 289 g/mol. The van der Waals surface area contributed by atoms with Gasteiger partial charge in [-0.1, -0.05) is 13.0 Å². The largest absolute Gasteiger partial charge is 0.326 e. The van der Waals surface area contributed by atoms with E-state index in [1.54, 1.807) is 6.07 Å². The normalized spacial score (nSPS) is 18.2. The molecule has 1 heterocycles. The second-order valence-corrected chi connectivity index (χ2v) is 5.83. The molecule has 5 heteroatoms. The van der Waals surface area contributed by atoms with Crippen molar-refractivity contribution in [3.8, 4) is 0 Å². The molecule has 2 rings (SSSR count). The maximum Gasteiger partial charge on any atom is 0.321 e. The van der Waals surface area contributed by atoms with Crippen molar-refractivity contribution in [3.05, 3.63) is 23.8 Å². The highest BCUT2D eigenvalue weighted by Crippen LogP contribution is 2.22. The van der Waals surface area contributed by atoms with Gasteiger partial charge in [0.05, 0.1) is 0 Å². The molecule has 1 aromatic carbocycles. The maximum atomic E-state index is 12.3. The molecular formula is C16H23N3O2. The first-order valence-electron chi connectivity index (χ1n) is 7.40. The number of anilines is 2. The molecule has 1 fully saturated rings. The maximum absolute atomic E-state index is 12.3. The minimum atomic E-state index is -0.124. The quantitative estimate of drug-likeness (QED) is 0.878. The van der Waals surface area contributed by atoms with Crippen LogP contribution in [0, 0.1) is 12.8 Å². The molecule has 0 saturated carbocycles. The highest BCUT2D eigenvalue weighted by molar-refractivity contribution is 5.93. The van der Waals surface area contributed by atoms with Crippen molar-refractivity contribution in [3.63, 3.8) is 0 Å². The van der Waals surface area contributed by atoms with Gasteiger partial charge in [0.25, 0.3) is 0 Å². The van der Waals surface area contributed by atoms with Gasteiger partial charge in [-0.2, -0.15) is 0 Å². The number of carbonyl (C=O) groups excluding carboxylic acids is 2. The lowest BCUT2D eigenvalue weighted by atomic mass is 10.0. The van der Waals surface area contributed by atoms with Crippen LogP contribution in [0.1, 0.15) is 32.3 Å². The zero-order chi connectivity index (χ0) is 15.4. The molecule has 0 spiro atoms. The molecule has 0 radical (unpaired) electrons. The number of benzene rings is 1. The first kappa shape index (κ1) is 15.4. The van der Waals surface area contributed by atoms with Crippen LogP contribution in [-0.4, -0.2) is 29.9 Å². The predicted molar refractivity (Wildman–Crippen MR) is 84.5 cm³/mol. The Morgan fingerprint density at radius 1 is 1.29 bits per heavy atom. The van der Waals surface area contributed by atoms with Crippen molar-refractivity contribution >= 4 is 23.3 Å². The average Bonchev–Trinajstić information content (AvgIpc) is 2.42. The minimum absolute atomic E-state index is 0.0652. The van der Waals surface area contributed by atoms with Gasteiger partial charge in [0.15, 0.2) is 0 Å². The molecule has 1 saturated heterocycles. The fourth-order valence-corrected chi connectivity index (χ4v) is 2.61. The molecule has 0 bridgehead atoms. The summed E-state index contributed by atoms with van der Waals surface area (Å²) in [6.45, 7) is 7.18. The molecule has 1 atom stereocenters. The Balaban J connectivity index is 2.07. The number of carbonyl (C=O) groups is 2. The van der Waals surface area contributed by atoms with E-state index >= 15 is 0 Å². The van der Waals surface area contributed by atoms with Crippen LogP contribution in [0.5, 0.6) is 0 Å². The van der Waals surface area contributed by atoms with Gasteiger partial charge in [0, 0.05) is 31.4 Å². The standard InChI is InChI=1S/C16H23N3O2/c1-11-5-4-8-19(10-11)16(21)18-15-9-14(17-13(3)20)7-6-12(15)2/h6-7,9,11H,4-5,8,10H2,1-3H3,(H,17,20)(H,18,21)/t11-/m0/s1. The zero-order valence-corrected chi connectivity index (χ0v) is 12.9. The van der Waals surface area contributed by atoms with E-state index in [2.05, 4.69) is 17.6 Å². The molecule has 1 aliphatic heterocycles. The lowest BCUT2D eigenvalue weighted by Crippen LogP contribution is -2.41. The minimum Gasteiger partial charge on any atom is -0.326 e. The van der Waals surface area contributed by atoms with Crippen LogP contribution < -0.4 is 10.6 Å². The second kappa shape index (κ2) is 6.61. The zero-order valence-electron chi connectivity index (χ0n) is 12.9. The summed E-state index contributed by atoms with van der Waals surface area (Å²) in [5.41, 5.74) is 2.40. The van der Waals surface area contributed by atoms with Crippen molar-refractivity contribution in [1.82, 2.24) is 4.90 Å². The molecule has 0 aliphatic carbocycles. The molecule has 1 aromatic rings.